The molecule has 0 amide bonds. The van der Waals surface area contributed by atoms with Gasteiger partial charge in [-0.05, 0) is 31.9 Å². The van der Waals surface area contributed by atoms with Crippen molar-refractivity contribution in [2.75, 3.05) is 33.7 Å². The van der Waals surface area contributed by atoms with E-state index < -0.39 is 10.0 Å². The fraction of sp³-hybridized carbons (Fsp3) is 0.533. The lowest BCUT2D eigenvalue weighted by Crippen LogP contribution is -2.42. The molecule has 0 atom stereocenters. The third-order valence-corrected chi connectivity index (χ3v) is 6.11. The molecule has 0 bridgehead atoms. The number of allylic oxidation sites excluding steroid dienone is 1. The molecular formula is C15H27IN4O2S2. The monoisotopic (exact) mass is 486 g/mol. The summed E-state index contributed by atoms with van der Waals surface area (Å²) in [4.78, 5) is 7.18. The Hall–Kier alpha value is -0.650. The van der Waals surface area contributed by atoms with Gasteiger partial charge in [0.25, 0.3) is 0 Å². The fourth-order valence-corrected chi connectivity index (χ4v) is 4.31. The van der Waals surface area contributed by atoms with E-state index in [0.717, 1.165) is 30.2 Å². The number of unbranched alkanes of at least 4 members (excludes halogenated alkanes) is 1. The van der Waals surface area contributed by atoms with Crippen LogP contribution in [0.4, 0.5) is 0 Å². The summed E-state index contributed by atoms with van der Waals surface area (Å²) < 4.78 is 27.1. The number of rotatable bonds is 9. The van der Waals surface area contributed by atoms with E-state index in [9.17, 15) is 8.42 Å². The van der Waals surface area contributed by atoms with Gasteiger partial charge >= 0.3 is 0 Å². The maximum absolute atomic E-state index is 12.1. The van der Waals surface area contributed by atoms with Crippen LogP contribution in [0.1, 0.15) is 17.7 Å². The molecule has 0 unspecified atom stereocenters. The molecule has 0 saturated carbocycles. The quantitative estimate of drug-likeness (QED) is 0.185. The SMILES string of the molecule is C=CCCCN(C)C(=NC)NCCNS(=O)(=O)c1ccc(C)s1.I. The number of hydrogen-bond acceptors (Lipinski definition) is 4. The van der Waals surface area contributed by atoms with Crippen LogP contribution in [0, 0.1) is 6.92 Å². The third-order valence-electron chi connectivity index (χ3n) is 3.16. The zero-order chi connectivity index (χ0) is 17.3. The molecule has 0 spiro atoms. The number of aryl methyl sites for hydroxylation is 1. The fourth-order valence-electron chi connectivity index (χ4n) is 1.95. The van der Waals surface area contributed by atoms with Crippen molar-refractivity contribution in [2.45, 2.75) is 24.0 Å². The van der Waals surface area contributed by atoms with E-state index in [-0.39, 0.29) is 24.0 Å². The van der Waals surface area contributed by atoms with E-state index in [1.165, 1.54) is 11.3 Å². The summed E-state index contributed by atoms with van der Waals surface area (Å²) in [6, 6.07) is 3.43. The van der Waals surface area contributed by atoms with E-state index >= 15 is 0 Å². The van der Waals surface area contributed by atoms with Crippen LogP contribution in [0.5, 0.6) is 0 Å². The first-order valence-corrected chi connectivity index (χ1v) is 9.79. The van der Waals surface area contributed by atoms with Crippen LogP contribution in [0.25, 0.3) is 0 Å². The second-order valence-corrected chi connectivity index (χ2v) is 8.37. The minimum atomic E-state index is -3.42. The van der Waals surface area contributed by atoms with Gasteiger partial charge in [-0.1, -0.05) is 6.08 Å². The van der Waals surface area contributed by atoms with Crippen LogP contribution in [0.15, 0.2) is 34.0 Å². The number of halogens is 1. The molecular weight excluding hydrogens is 459 g/mol. The predicted octanol–water partition coefficient (Wildman–Crippen LogP) is 2.43. The van der Waals surface area contributed by atoms with Gasteiger partial charge in [0.05, 0.1) is 0 Å². The van der Waals surface area contributed by atoms with Crippen molar-refractivity contribution in [3.63, 3.8) is 0 Å². The number of sulfonamides is 1. The number of guanidine groups is 1. The molecule has 0 saturated heterocycles. The molecule has 0 radical (unpaired) electrons. The number of thiophene rings is 1. The normalized spacial score (nSPS) is 11.7. The van der Waals surface area contributed by atoms with Gasteiger partial charge in [0.15, 0.2) is 5.96 Å². The Morgan fingerprint density at radius 3 is 2.67 bits per heavy atom. The Bertz CT molecular complexity index is 629. The summed E-state index contributed by atoms with van der Waals surface area (Å²) in [5, 5.41) is 3.15. The highest BCUT2D eigenvalue weighted by Gasteiger charge is 2.15. The zero-order valence-corrected chi connectivity index (χ0v) is 18.4. The van der Waals surface area contributed by atoms with Crippen LogP contribution >= 0.6 is 35.3 Å². The van der Waals surface area contributed by atoms with Gasteiger partial charge in [-0.3, -0.25) is 4.99 Å². The summed E-state index contributed by atoms with van der Waals surface area (Å²) >= 11 is 1.27. The predicted molar refractivity (Wildman–Crippen MR) is 113 cm³/mol. The number of nitrogens with one attached hydrogen (secondary N) is 2. The number of nitrogens with zero attached hydrogens (tertiary/aromatic N) is 2. The molecule has 2 N–H and O–H groups in total. The summed E-state index contributed by atoms with van der Waals surface area (Å²) in [7, 11) is 0.251. The van der Waals surface area contributed by atoms with Crippen molar-refractivity contribution in [3.8, 4) is 0 Å². The lowest BCUT2D eigenvalue weighted by molar-refractivity contribution is 0.470. The van der Waals surface area contributed by atoms with Gasteiger partial charge in [0.2, 0.25) is 10.0 Å². The standard InChI is InChI=1S/C15H26N4O2S2.HI/c1-5-6-7-12-19(4)15(16-3)17-10-11-18-23(20,21)14-9-8-13(2)22-14;/h5,8-9,18H,1,6-7,10-12H2,2-4H3,(H,16,17);1H. The van der Waals surface area contributed by atoms with E-state index in [1.54, 1.807) is 19.2 Å². The lowest BCUT2D eigenvalue weighted by atomic mass is 10.3. The zero-order valence-electron chi connectivity index (χ0n) is 14.4. The van der Waals surface area contributed by atoms with Gasteiger partial charge in [-0.2, -0.15) is 0 Å². The van der Waals surface area contributed by atoms with Gasteiger partial charge in [0, 0.05) is 38.6 Å². The topological polar surface area (TPSA) is 73.8 Å². The summed E-state index contributed by atoms with van der Waals surface area (Å²) in [6.07, 6.45) is 3.86. The van der Waals surface area contributed by atoms with Crippen molar-refractivity contribution in [1.29, 1.82) is 0 Å². The Balaban J connectivity index is 0.00000529. The highest BCUT2D eigenvalue weighted by molar-refractivity contribution is 14.0. The second kappa shape index (κ2) is 11.8. The molecule has 9 heteroatoms. The van der Waals surface area contributed by atoms with Crippen LogP contribution in [-0.4, -0.2) is 53.0 Å². The Labute approximate surface area is 166 Å². The average Bonchev–Trinajstić information content (AvgIpc) is 2.95. The first kappa shape index (κ1) is 23.4. The first-order valence-electron chi connectivity index (χ1n) is 7.49. The average molecular weight is 486 g/mol. The second-order valence-electron chi connectivity index (χ2n) is 5.09. The van der Waals surface area contributed by atoms with Crippen molar-refractivity contribution in [3.05, 3.63) is 29.7 Å². The van der Waals surface area contributed by atoms with Crippen molar-refractivity contribution < 1.29 is 8.42 Å². The summed E-state index contributed by atoms with van der Waals surface area (Å²) in [5.41, 5.74) is 0. The van der Waals surface area contributed by atoms with Crippen molar-refractivity contribution in [1.82, 2.24) is 14.9 Å². The van der Waals surface area contributed by atoms with E-state index in [2.05, 4.69) is 21.6 Å². The van der Waals surface area contributed by atoms with Crippen LogP contribution in [0.3, 0.4) is 0 Å². The number of hydrogen-bond donors (Lipinski definition) is 2. The van der Waals surface area contributed by atoms with Gasteiger partial charge in [-0.25, -0.2) is 13.1 Å². The van der Waals surface area contributed by atoms with E-state index in [0.29, 0.717) is 17.3 Å². The largest absolute Gasteiger partial charge is 0.355 e. The van der Waals surface area contributed by atoms with Crippen molar-refractivity contribution >= 4 is 51.3 Å². The van der Waals surface area contributed by atoms with Gasteiger partial charge in [-0.15, -0.1) is 41.9 Å². The Morgan fingerprint density at radius 2 is 2.12 bits per heavy atom. The Kier molecular flexibility index (Phi) is 11.5. The van der Waals surface area contributed by atoms with Crippen LogP contribution in [0.2, 0.25) is 0 Å². The molecule has 0 aliphatic rings. The minimum Gasteiger partial charge on any atom is -0.355 e. The molecule has 138 valence electrons. The maximum atomic E-state index is 12.1. The first-order chi connectivity index (χ1) is 10.9. The highest BCUT2D eigenvalue weighted by Crippen LogP contribution is 2.19. The smallest absolute Gasteiger partial charge is 0.250 e. The molecule has 1 aromatic heterocycles. The molecule has 1 heterocycles. The van der Waals surface area contributed by atoms with Gasteiger partial charge in [0.1, 0.15) is 4.21 Å². The summed E-state index contributed by atoms with van der Waals surface area (Å²) in [5.74, 6) is 0.750. The molecule has 0 aliphatic heterocycles. The van der Waals surface area contributed by atoms with E-state index in [4.69, 9.17) is 0 Å². The minimum absolute atomic E-state index is 0. The van der Waals surface area contributed by atoms with Crippen molar-refractivity contribution in [2.24, 2.45) is 4.99 Å². The highest BCUT2D eigenvalue weighted by atomic mass is 127. The Morgan fingerprint density at radius 1 is 1.42 bits per heavy atom. The molecule has 6 nitrogen and oxygen atoms in total. The maximum Gasteiger partial charge on any atom is 0.250 e. The van der Waals surface area contributed by atoms with E-state index in [1.807, 2.05) is 24.9 Å². The molecule has 1 aromatic rings. The molecule has 0 aliphatic carbocycles. The molecule has 1 rings (SSSR count). The number of aliphatic imine (C=N–C) groups is 1. The van der Waals surface area contributed by atoms with Gasteiger partial charge < -0.3 is 10.2 Å². The lowest BCUT2D eigenvalue weighted by Gasteiger charge is -2.21. The summed E-state index contributed by atoms with van der Waals surface area (Å²) in [6.45, 7) is 7.24. The third kappa shape index (κ3) is 7.95. The van der Waals surface area contributed by atoms with Crippen LogP contribution < -0.4 is 10.0 Å². The molecule has 0 aromatic carbocycles. The van der Waals surface area contributed by atoms with Crippen LogP contribution in [-0.2, 0) is 10.0 Å². The molecule has 0 fully saturated rings. The molecule has 24 heavy (non-hydrogen) atoms.